The smallest absolute Gasteiger partial charge is 0.123 e. The first kappa shape index (κ1) is 14.0. The molecule has 0 heterocycles. The molecule has 0 unspecified atom stereocenters. The Bertz CT molecular complexity index is 350. The summed E-state index contributed by atoms with van der Waals surface area (Å²) in [6.07, 6.45) is 0. The van der Waals surface area contributed by atoms with Gasteiger partial charge in [0.15, 0.2) is 0 Å². The summed E-state index contributed by atoms with van der Waals surface area (Å²) in [5.41, 5.74) is 2.55. The van der Waals surface area contributed by atoms with E-state index in [1.165, 1.54) is 11.1 Å². The minimum atomic E-state index is 0.535. The normalized spacial score (nSPS) is 11.2. The fourth-order valence-electron chi connectivity index (χ4n) is 1.87. The summed E-state index contributed by atoms with van der Waals surface area (Å²) in [6, 6.07) is 6.50. The van der Waals surface area contributed by atoms with E-state index in [0.29, 0.717) is 5.92 Å². The highest BCUT2D eigenvalue weighted by Crippen LogP contribution is 2.25. The number of nitrogens with zero attached hydrogens (tertiary/aromatic N) is 1. The number of hydrogen-bond acceptors (Lipinski definition) is 3. The molecule has 0 bridgehead atoms. The topological polar surface area (TPSA) is 24.5 Å². The average molecular weight is 236 g/mol. The molecule has 1 N–H and O–H groups in total. The Kier molecular flexibility index (Phi) is 5.45. The van der Waals surface area contributed by atoms with E-state index in [9.17, 15) is 0 Å². The summed E-state index contributed by atoms with van der Waals surface area (Å²) in [6.45, 7) is 6.15. The van der Waals surface area contributed by atoms with E-state index in [-0.39, 0.29) is 0 Å². The molecule has 3 heteroatoms. The summed E-state index contributed by atoms with van der Waals surface area (Å²) < 4.78 is 5.47. The maximum Gasteiger partial charge on any atom is 0.123 e. The summed E-state index contributed by atoms with van der Waals surface area (Å²) in [4.78, 5) is 2.22. The van der Waals surface area contributed by atoms with Crippen LogP contribution in [0.1, 0.15) is 30.9 Å². The Morgan fingerprint density at radius 2 is 2.06 bits per heavy atom. The van der Waals surface area contributed by atoms with Crippen molar-refractivity contribution < 1.29 is 4.74 Å². The van der Waals surface area contributed by atoms with E-state index in [0.717, 1.165) is 19.0 Å². The van der Waals surface area contributed by atoms with E-state index in [1.807, 2.05) is 7.05 Å². The third-order valence-electron chi connectivity index (χ3n) is 2.85. The molecule has 0 fully saturated rings. The van der Waals surface area contributed by atoms with Gasteiger partial charge in [-0.25, -0.2) is 0 Å². The van der Waals surface area contributed by atoms with Gasteiger partial charge in [0.05, 0.1) is 7.11 Å². The largest absolute Gasteiger partial charge is 0.496 e. The quantitative estimate of drug-likeness (QED) is 0.768. The molecule has 1 aromatic rings. The van der Waals surface area contributed by atoms with Crippen LogP contribution in [0.25, 0.3) is 0 Å². The second kappa shape index (κ2) is 6.62. The van der Waals surface area contributed by atoms with Crippen LogP contribution in [0.2, 0.25) is 0 Å². The molecule has 0 radical (unpaired) electrons. The van der Waals surface area contributed by atoms with Crippen LogP contribution >= 0.6 is 0 Å². The summed E-state index contributed by atoms with van der Waals surface area (Å²) in [5, 5.41) is 3.14. The third kappa shape index (κ3) is 4.02. The zero-order valence-electron chi connectivity index (χ0n) is 11.6. The minimum Gasteiger partial charge on any atom is -0.496 e. The average Bonchev–Trinajstić information content (AvgIpc) is 2.29. The molecule has 96 valence electrons. The second-order valence-electron chi connectivity index (χ2n) is 4.75. The van der Waals surface area contributed by atoms with Crippen LogP contribution in [0.4, 0.5) is 0 Å². The fourth-order valence-corrected chi connectivity index (χ4v) is 1.87. The number of ether oxygens (including phenoxy) is 1. The number of nitrogens with one attached hydrogen (secondary N) is 1. The summed E-state index contributed by atoms with van der Waals surface area (Å²) >= 11 is 0. The third-order valence-corrected chi connectivity index (χ3v) is 2.85. The van der Waals surface area contributed by atoms with Crippen LogP contribution in [-0.2, 0) is 6.54 Å². The highest BCUT2D eigenvalue weighted by molar-refractivity contribution is 5.38. The lowest BCUT2D eigenvalue weighted by Gasteiger charge is -2.19. The van der Waals surface area contributed by atoms with Gasteiger partial charge in [-0.05, 0) is 31.6 Å². The van der Waals surface area contributed by atoms with Crippen molar-refractivity contribution in [3.8, 4) is 5.75 Å². The molecule has 1 aromatic carbocycles. The van der Waals surface area contributed by atoms with Gasteiger partial charge in [0.1, 0.15) is 5.75 Å². The molecule has 0 aliphatic carbocycles. The molecule has 1 rings (SSSR count). The lowest BCUT2D eigenvalue weighted by molar-refractivity contribution is 0.302. The molecule has 0 aromatic heterocycles. The number of methoxy groups -OCH3 is 1. The molecule has 17 heavy (non-hydrogen) atoms. The van der Waals surface area contributed by atoms with Crippen LogP contribution in [0.3, 0.4) is 0 Å². The van der Waals surface area contributed by atoms with Gasteiger partial charge in [-0.15, -0.1) is 0 Å². The van der Waals surface area contributed by atoms with Crippen LogP contribution in [0.15, 0.2) is 18.2 Å². The summed E-state index contributed by atoms with van der Waals surface area (Å²) in [5.74, 6) is 1.52. The van der Waals surface area contributed by atoms with E-state index in [1.54, 1.807) is 7.11 Å². The van der Waals surface area contributed by atoms with Gasteiger partial charge in [0.25, 0.3) is 0 Å². The van der Waals surface area contributed by atoms with Crippen LogP contribution in [0, 0.1) is 0 Å². The first-order chi connectivity index (χ1) is 8.08. The van der Waals surface area contributed by atoms with E-state index in [4.69, 9.17) is 4.74 Å². The van der Waals surface area contributed by atoms with Gasteiger partial charge in [-0.1, -0.05) is 26.0 Å². The monoisotopic (exact) mass is 236 g/mol. The van der Waals surface area contributed by atoms with Crippen LogP contribution in [0.5, 0.6) is 5.75 Å². The first-order valence-electron chi connectivity index (χ1n) is 6.08. The molecule has 0 saturated heterocycles. The Balaban J connectivity index is 2.85. The SMILES string of the molecule is CNCN(C)Cc1ccc(C(C)C)cc1OC. The zero-order chi connectivity index (χ0) is 12.8. The van der Waals surface area contributed by atoms with Gasteiger partial charge in [0.2, 0.25) is 0 Å². The van der Waals surface area contributed by atoms with E-state index in [2.05, 4.69) is 49.3 Å². The Morgan fingerprint density at radius 1 is 1.35 bits per heavy atom. The van der Waals surface area contributed by atoms with E-state index < -0.39 is 0 Å². The number of rotatable bonds is 6. The van der Waals surface area contributed by atoms with Gasteiger partial charge in [-0.3, -0.25) is 4.90 Å². The Labute approximate surface area is 105 Å². The van der Waals surface area contributed by atoms with Crippen molar-refractivity contribution in [1.82, 2.24) is 10.2 Å². The molecule has 0 atom stereocenters. The Hall–Kier alpha value is -1.06. The van der Waals surface area contributed by atoms with Gasteiger partial charge >= 0.3 is 0 Å². The highest BCUT2D eigenvalue weighted by atomic mass is 16.5. The van der Waals surface area contributed by atoms with Gasteiger partial charge in [-0.2, -0.15) is 0 Å². The van der Waals surface area contributed by atoms with Crippen molar-refractivity contribution in [3.05, 3.63) is 29.3 Å². The zero-order valence-corrected chi connectivity index (χ0v) is 11.6. The van der Waals surface area contributed by atoms with Crippen molar-refractivity contribution in [3.63, 3.8) is 0 Å². The summed E-state index contributed by atoms with van der Waals surface area (Å²) in [7, 11) is 5.78. The Morgan fingerprint density at radius 3 is 2.59 bits per heavy atom. The molecular formula is C14H24N2O. The van der Waals surface area contributed by atoms with Crippen molar-refractivity contribution >= 4 is 0 Å². The molecule has 3 nitrogen and oxygen atoms in total. The molecule has 0 amide bonds. The minimum absolute atomic E-state index is 0.535. The van der Waals surface area contributed by atoms with Crippen LogP contribution < -0.4 is 10.1 Å². The van der Waals surface area contributed by atoms with Gasteiger partial charge in [0, 0.05) is 18.8 Å². The molecule has 0 saturated carbocycles. The lowest BCUT2D eigenvalue weighted by Crippen LogP contribution is -2.28. The number of benzene rings is 1. The lowest BCUT2D eigenvalue weighted by atomic mass is 10.0. The van der Waals surface area contributed by atoms with Crippen molar-refractivity contribution in [2.24, 2.45) is 0 Å². The molecule has 0 aliphatic heterocycles. The van der Waals surface area contributed by atoms with Crippen LogP contribution in [-0.4, -0.2) is 32.8 Å². The molecular weight excluding hydrogens is 212 g/mol. The predicted molar refractivity (Wildman–Crippen MR) is 72.5 cm³/mol. The van der Waals surface area contributed by atoms with Gasteiger partial charge < -0.3 is 10.1 Å². The fraction of sp³-hybridized carbons (Fsp3) is 0.571. The maximum absolute atomic E-state index is 5.47. The molecule has 0 spiro atoms. The van der Waals surface area contributed by atoms with E-state index >= 15 is 0 Å². The van der Waals surface area contributed by atoms with Crippen molar-refractivity contribution in [1.29, 1.82) is 0 Å². The number of hydrogen-bond donors (Lipinski definition) is 1. The predicted octanol–water partition coefficient (Wildman–Crippen LogP) is 2.43. The highest BCUT2D eigenvalue weighted by Gasteiger charge is 2.08. The maximum atomic E-state index is 5.47. The molecule has 0 aliphatic rings. The first-order valence-corrected chi connectivity index (χ1v) is 6.08. The van der Waals surface area contributed by atoms with Crippen molar-refractivity contribution in [2.75, 3.05) is 27.9 Å². The van der Waals surface area contributed by atoms with Crippen molar-refractivity contribution in [2.45, 2.75) is 26.3 Å². The second-order valence-corrected chi connectivity index (χ2v) is 4.75. The standard InChI is InChI=1S/C14H24N2O/c1-11(2)12-6-7-13(14(8-12)17-5)9-16(4)10-15-3/h6-8,11,15H,9-10H2,1-5H3.